The van der Waals surface area contributed by atoms with Gasteiger partial charge in [-0.15, -0.1) is 0 Å². The van der Waals surface area contributed by atoms with E-state index in [-0.39, 0.29) is 11.8 Å². The Morgan fingerprint density at radius 2 is 2.42 bits per heavy atom. The molecular formula is C13H19ClN4O. The summed E-state index contributed by atoms with van der Waals surface area (Å²) in [6, 6.07) is 3.71. The third kappa shape index (κ3) is 3.81. The summed E-state index contributed by atoms with van der Waals surface area (Å²) in [6.07, 6.45) is 3.54. The normalized spacial score (nSPS) is 19.3. The van der Waals surface area contributed by atoms with Crippen molar-refractivity contribution in [2.24, 2.45) is 11.7 Å². The van der Waals surface area contributed by atoms with Crippen molar-refractivity contribution in [1.82, 2.24) is 10.3 Å². The van der Waals surface area contributed by atoms with Crippen LogP contribution >= 0.6 is 11.6 Å². The molecule has 0 radical (unpaired) electrons. The molecule has 0 saturated carbocycles. The average molecular weight is 283 g/mol. The smallest absolute Gasteiger partial charge is 0.224 e. The van der Waals surface area contributed by atoms with Crippen molar-refractivity contribution in [1.29, 1.82) is 0 Å². The Morgan fingerprint density at radius 1 is 1.58 bits per heavy atom. The fourth-order valence-electron chi connectivity index (χ4n) is 2.29. The SMILES string of the molecule is NCCNC(=O)C1CCCN(c2ccc(Cl)cn2)C1. The Labute approximate surface area is 118 Å². The van der Waals surface area contributed by atoms with Crippen molar-refractivity contribution in [2.45, 2.75) is 12.8 Å². The third-order valence-corrected chi connectivity index (χ3v) is 3.50. The van der Waals surface area contributed by atoms with E-state index in [1.165, 1.54) is 0 Å². The Hall–Kier alpha value is -1.33. The second kappa shape index (κ2) is 6.73. The highest BCUT2D eigenvalue weighted by atomic mass is 35.5. The molecule has 1 amide bonds. The summed E-state index contributed by atoms with van der Waals surface area (Å²) in [7, 11) is 0. The van der Waals surface area contributed by atoms with Gasteiger partial charge in [-0.25, -0.2) is 4.98 Å². The highest BCUT2D eigenvalue weighted by Crippen LogP contribution is 2.22. The standard InChI is InChI=1S/C13H19ClN4O/c14-11-3-4-12(17-8-11)18-7-1-2-10(9-18)13(19)16-6-5-15/h3-4,8,10H,1-2,5-7,9,15H2,(H,16,19). The number of carbonyl (C=O) groups is 1. The van der Waals surface area contributed by atoms with E-state index in [2.05, 4.69) is 15.2 Å². The summed E-state index contributed by atoms with van der Waals surface area (Å²) in [4.78, 5) is 18.4. The minimum absolute atomic E-state index is 0.0118. The lowest BCUT2D eigenvalue weighted by molar-refractivity contribution is -0.125. The van der Waals surface area contributed by atoms with E-state index in [4.69, 9.17) is 17.3 Å². The summed E-state index contributed by atoms with van der Waals surface area (Å²) in [5.74, 6) is 0.975. The van der Waals surface area contributed by atoms with Crippen LogP contribution in [0, 0.1) is 5.92 Å². The number of carbonyl (C=O) groups excluding carboxylic acids is 1. The second-order valence-corrected chi connectivity index (χ2v) is 5.14. The molecule has 19 heavy (non-hydrogen) atoms. The van der Waals surface area contributed by atoms with E-state index in [0.717, 1.165) is 25.2 Å². The van der Waals surface area contributed by atoms with Gasteiger partial charge >= 0.3 is 0 Å². The molecule has 0 aliphatic carbocycles. The molecule has 3 N–H and O–H groups in total. The second-order valence-electron chi connectivity index (χ2n) is 4.70. The molecule has 0 spiro atoms. The highest BCUT2D eigenvalue weighted by Gasteiger charge is 2.26. The lowest BCUT2D eigenvalue weighted by Crippen LogP contribution is -2.44. The van der Waals surface area contributed by atoms with Gasteiger partial charge in [-0.05, 0) is 25.0 Å². The first-order chi connectivity index (χ1) is 9.20. The minimum Gasteiger partial charge on any atom is -0.356 e. The predicted molar refractivity (Wildman–Crippen MR) is 76.2 cm³/mol. The molecule has 1 aromatic heterocycles. The molecule has 2 rings (SSSR count). The van der Waals surface area contributed by atoms with E-state index < -0.39 is 0 Å². The van der Waals surface area contributed by atoms with Crippen LogP contribution in [0.3, 0.4) is 0 Å². The predicted octanol–water partition coefficient (Wildman–Crippen LogP) is 1.03. The summed E-state index contributed by atoms with van der Waals surface area (Å²) in [5, 5.41) is 3.47. The zero-order valence-corrected chi connectivity index (χ0v) is 11.6. The van der Waals surface area contributed by atoms with Gasteiger partial charge in [0.05, 0.1) is 10.9 Å². The molecule has 1 saturated heterocycles. The Kier molecular flexibility index (Phi) is 4.99. The molecule has 1 atom stereocenters. The Bertz CT molecular complexity index is 423. The van der Waals surface area contributed by atoms with Gasteiger partial charge in [0, 0.05) is 32.4 Å². The molecule has 0 aromatic carbocycles. The number of aromatic nitrogens is 1. The van der Waals surface area contributed by atoms with Crippen molar-refractivity contribution in [3.63, 3.8) is 0 Å². The van der Waals surface area contributed by atoms with Crippen molar-refractivity contribution >= 4 is 23.3 Å². The lowest BCUT2D eigenvalue weighted by atomic mass is 9.97. The van der Waals surface area contributed by atoms with Crippen LogP contribution in [0.4, 0.5) is 5.82 Å². The number of rotatable bonds is 4. The Balaban J connectivity index is 1.96. The molecule has 1 aliphatic rings. The topological polar surface area (TPSA) is 71.2 Å². The molecule has 1 aliphatic heterocycles. The summed E-state index contributed by atoms with van der Waals surface area (Å²) in [6.45, 7) is 2.63. The van der Waals surface area contributed by atoms with Crippen molar-refractivity contribution in [2.75, 3.05) is 31.1 Å². The lowest BCUT2D eigenvalue weighted by Gasteiger charge is -2.32. The summed E-state index contributed by atoms with van der Waals surface area (Å²) in [5.41, 5.74) is 5.39. The molecule has 1 fully saturated rings. The largest absolute Gasteiger partial charge is 0.356 e. The molecule has 5 nitrogen and oxygen atoms in total. The first kappa shape index (κ1) is 14.1. The number of piperidine rings is 1. The monoisotopic (exact) mass is 282 g/mol. The number of nitrogens with one attached hydrogen (secondary N) is 1. The zero-order valence-electron chi connectivity index (χ0n) is 10.8. The Morgan fingerprint density at radius 3 is 3.11 bits per heavy atom. The van der Waals surface area contributed by atoms with Gasteiger partial charge in [-0.3, -0.25) is 4.79 Å². The van der Waals surface area contributed by atoms with Crippen LogP contribution < -0.4 is 16.0 Å². The first-order valence-electron chi connectivity index (χ1n) is 6.55. The molecule has 2 heterocycles. The third-order valence-electron chi connectivity index (χ3n) is 3.27. The molecular weight excluding hydrogens is 264 g/mol. The van der Waals surface area contributed by atoms with Gasteiger partial charge in [-0.2, -0.15) is 0 Å². The molecule has 1 unspecified atom stereocenters. The van der Waals surface area contributed by atoms with Crippen LogP contribution in [-0.2, 0) is 4.79 Å². The average Bonchev–Trinajstić information content (AvgIpc) is 2.45. The van der Waals surface area contributed by atoms with Crippen molar-refractivity contribution < 1.29 is 4.79 Å². The maximum atomic E-state index is 12.0. The number of nitrogens with zero attached hydrogens (tertiary/aromatic N) is 2. The zero-order chi connectivity index (χ0) is 13.7. The van der Waals surface area contributed by atoms with Crippen LogP contribution in [0.25, 0.3) is 0 Å². The van der Waals surface area contributed by atoms with Crippen LogP contribution in [0.1, 0.15) is 12.8 Å². The van der Waals surface area contributed by atoms with E-state index in [1.807, 2.05) is 12.1 Å². The first-order valence-corrected chi connectivity index (χ1v) is 6.93. The maximum Gasteiger partial charge on any atom is 0.224 e. The van der Waals surface area contributed by atoms with E-state index in [0.29, 0.717) is 24.7 Å². The number of nitrogens with two attached hydrogens (primary N) is 1. The van der Waals surface area contributed by atoms with Crippen molar-refractivity contribution in [3.8, 4) is 0 Å². The van der Waals surface area contributed by atoms with Crippen LogP contribution in [0.5, 0.6) is 0 Å². The van der Waals surface area contributed by atoms with Crippen LogP contribution in [0.2, 0.25) is 5.02 Å². The molecule has 1 aromatic rings. The van der Waals surface area contributed by atoms with Gasteiger partial charge in [0.25, 0.3) is 0 Å². The van der Waals surface area contributed by atoms with E-state index >= 15 is 0 Å². The van der Waals surface area contributed by atoms with Gasteiger partial charge in [-0.1, -0.05) is 11.6 Å². The summed E-state index contributed by atoms with van der Waals surface area (Å²) >= 11 is 5.83. The van der Waals surface area contributed by atoms with Gasteiger partial charge in [0.1, 0.15) is 5.82 Å². The van der Waals surface area contributed by atoms with Crippen molar-refractivity contribution in [3.05, 3.63) is 23.4 Å². The summed E-state index contributed by atoms with van der Waals surface area (Å²) < 4.78 is 0. The molecule has 104 valence electrons. The number of hydrogen-bond acceptors (Lipinski definition) is 4. The number of halogens is 1. The number of pyridine rings is 1. The van der Waals surface area contributed by atoms with E-state index in [1.54, 1.807) is 6.20 Å². The fraction of sp³-hybridized carbons (Fsp3) is 0.538. The maximum absolute atomic E-state index is 12.0. The molecule has 6 heteroatoms. The quantitative estimate of drug-likeness (QED) is 0.865. The number of anilines is 1. The minimum atomic E-state index is 0.0118. The van der Waals surface area contributed by atoms with Crippen LogP contribution in [-0.4, -0.2) is 37.1 Å². The fourth-order valence-corrected chi connectivity index (χ4v) is 2.41. The highest BCUT2D eigenvalue weighted by molar-refractivity contribution is 6.30. The number of amides is 1. The van der Waals surface area contributed by atoms with Gasteiger partial charge in [0.2, 0.25) is 5.91 Å². The molecule has 0 bridgehead atoms. The number of hydrogen-bond donors (Lipinski definition) is 2. The van der Waals surface area contributed by atoms with Gasteiger partial charge in [0.15, 0.2) is 0 Å². The van der Waals surface area contributed by atoms with Gasteiger partial charge < -0.3 is 16.0 Å². The van der Waals surface area contributed by atoms with Crippen LogP contribution in [0.15, 0.2) is 18.3 Å². The van der Waals surface area contributed by atoms with E-state index in [9.17, 15) is 4.79 Å².